The lowest BCUT2D eigenvalue weighted by atomic mass is 9.91. The van der Waals surface area contributed by atoms with Gasteiger partial charge in [0.15, 0.2) is 6.29 Å². The third-order valence-electron chi connectivity index (χ3n) is 5.76. The minimum atomic E-state index is -4.62. The third-order valence-corrected chi connectivity index (χ3v) is 5.76. The normalized spacial score (nSPS) is 11.4. The molecule has 0 aliphatic rings. The van der Waals surface area contributed by atoms with Gasteiger partial charge < -0.3 is 4.74 Å². The van der Waals surface area contributed by atoms with Gasteiger partial charge in [-0.25, -0.2) is 4.98 Å². The smallest absolute Gasteiger partial charge is 0.418 e. The highest BCUT2D eigenvalue weighted by atomic mass is 19.4. The highest BCUT2D eigenvalue weighted by molar-refractivity contribution is 6.08. The molecule has 4 nitrogen and oxygen atoms in total. The molecule has 0 fully saturated rings. The zero-order chi connectivity index (χ0) is 25.1. The van der Waals surface area contributed by atoms with Crippen molar-refractivity contribution in [3.63, 3.8) is 0 Å². The zero-order valence-corrected chi connectivity index (χ0v) is 18.9. The molecule has 7 heteroatoms. The van der Waals surface area contributed by atoms with Crippen LogP contribution in [-0.4, -0.2) is 16.3 Å². The van der Waals surface area contributed by atoms with Crippen molar-refractivity contribution in [2.75, 3.05) is 0 Å². The van der Waals surface area contributed by atoms with Gasteiger partial charge in [0.1, 0.15) is 12.4 Å². The fourth-order valence-electron chi connectivity index (χ4n) is 4.15. The lowest BCUT2D eigenvalue weighted by Gasteiger charge is -2.18. The van der Waals surface area contributed by atoms with Gasteiger partial charge in [0.2, 0.25) is 0 Å². The van der Waals surface area contributed by atoms with Crippen LogP contribution in [0.5, 0.6) is 5.75 Å². The summed E-state index contributed by atoms with van der Waals surface area (Å²) in [6.45, 7) is 0.218. The molecule has 0 aliphatic heterocycles. The monoisotopic (exact) mass is 484 g/mol. The SMILES string of the molecule is O=Cc1c(-c2ccccc2)nc2c(C(F)(F)F)cccc2c1-c1cccc(OCc2ccccn2)c1. The zero-order valence-electron chi connectivity index (χ0n) is 18.9. The van der Waals surface area contributed by atoms with Crippen LogP contribution in [0.2, 0.25) is 0 Å². The Kier molecular flexibility index (Phi) is 6.21. The van der Waals surface area contributed by atoms with Crippen molar-refractivity contribution in [1.29, 1.82) is 0 Å². The molecule has 0 unspecified atom stereocenters. The molecule has 2 aromatic heterocycles. The molecule has 0 radical (unpaired) electrons. The van der Waals surface area contributed by atoms with Crippen LogP contribution in [0.15, 0.2) is 97.2 Å². The number of hydrogen-bond donors (Lipinski definition) is 0. The number of halogens is 3. The highest BCUT2D eigenvalue weighted by Crippen LogP contribution is 2.41. The number of benzene rings is 3. The van der Waals surface area contributed by atoms with Crippen molar-refractivity contribution in [2.45, 2.75) is 12.8 Å². The molecule has 3 aromatic carbocycles. The molecule has 0 saturated carbocycles. The van der Waals surface area contributed by atoms with Gasteiger partial charge in [0.25, 0.3) is 0 Å². The number of carbonyl (C=O) groups excluding carboxylic acids is 1. The van der Waals surface area contributed by atoms with Gasteiger partial charge in [-0.05, 0) is 35.9 Å². The average Bonchev–Trinajstić information content (AvgIpc) is 2.91. The van der Waals surface area contributed by atoms with Crippen LogP contribution in [0.3, 0.4) is 0 Å². The molecule has 0 saturated heterocycles. The summed E-state index contributed by atoms with van der Waals surface area (Å²) in [6, 6.07) is 25.0. The number of rotatable bonds is 6. The second-order valence-corrected chi connectivity index (χ2v) is 8.07. The number of aromatic nitrogens is 2. The van der Waals surface area contributed by atoms with Crippen LogP contribution < -0.4 is 4.74 Å². The Morgan fingerprint density at radius 1 is 0.833 bits per heavy atom. The first-order chi connectivity index (χ1) is 17.5. The van der Waals surface area contributed by atoms with E-state index in [4.69, 9.17) is 4.74 Å². The van der Waals surface area contributed by atoms with E-state index < -0.39 is 11.7 Å². The van der Waals surface area contributed by atoms with Crippen LogP contribution in [-0.2, 0) is 12.8 Å². The predicted octanol–water partition coefficient (Wildman–Crippen LogP) is 7.37. The average molecular weight is 484 g/mol. The summed E-state index contributed by atoms with van der Waals surface area (Å²) in [4.78, 5) is 21.0. The van der Waals surface area contributed by atoms with Crippen molar-refractivity contribution >= 4 is 17.2 Å². The van der Waals surface area contributed by atoms with Gasteiger partial charge >= 0.3 is 6.18 Å². The van der Waals surface area contributed by atoms with Crippen molar-refractivity contribution < 1.29 is 22.7 Å². The minimum absolute atomic E-state index is 0.185. The molecule has 0 bridgehead atoms. The number of hydrogen-bond acceptors (Lipinski definition) is 4. The second-order valence-electron chi connectivity index (χ2n) is 8.07. The van der Waals surface area contributed by atoms with E-state index in [0.29, 0.717) is 28.7 Å². The number of pyridine rings is 2. The van der Waals surface area contributed by atoms with Crippen molar-refractivity contribution in [3.8, 4) is 28.1 Å². The van der Waals surface area contributed by atoms with E-state index in [1.807, 2.05) is 12.1 Å². The Bertz CT molecular complexity index is 1540. The lowest BCUT2D eigenvalue weighted by molar-refractivity contribution is -0.136. The first-order valence-corrected chi connectivity index (χ1v) is 11.1. The quantitative estimate of drug-likeness (QED) is 0.236. The standard InChI is InChI=1S/C29H19F3N2O2/c30-29(31,32)25-14-7-13-23-26(24(17-35)27(34-28(23)25)19-8-2-1-3-9-19)20-10-6-12-22(16-20)36-18-21-11-4-5-15-33-21/h1-17H,18H2. The molecular weight excluding hydrogens is 465 g/mol. The Labute approximate surface area is 205 Å². The Hall–Kier alpha value is -4.52. The van der Waals surface area contributed by atoms with Crippen LogP contribution >= 0.6 is 0 Å². The van der Waals surface area contributed by atoms with E-state index in [2.05, 4.69) is 9.97 Å². The number of alkyl halides is 3. The van der Waals surface area contributed by atoms with Crippen molar-refractivity contribution in [2.24, 2.45) is 0 Å². The number of aldehydes is 1. The topological polar surface area (TPSA) is 52.1 Å². The number of nitrogens with zero attached hydrogens (tertiary/aromatic N) is 2. The molecule has 0 aliphatic carbocycles. The summed E-state index contributed by atoms with van der Waals surface area (Å²) < 4.78 is 47.8. The highest BCUT2D eigenvalue weighted by Gasteiger charge is 2.34. The first-order valence-electron chi connectivity index (χ1n) is 11.1. The molecule has 36 heavy (non-hydrogen) atoms. The van der Waals surface area contributed by atoms with Crippen molar-refractivity contribution in [3.05, 3.63) is 114 Å². The number of fused-ring (bicyclic) bond motifs is 1. The number of carbonyl (C=O) groups is 1. The van der Waals surface area contributed by atoms with Gasteiger partial charge in [0.05, 0.1) is 22.5 Å². The Morgan fingerprint density at radius 2 is 1.58 bits per heavy atom. The number of para-hydroxylation sites is 1. The van der Waals surface area contributed by atoms with Gasteiger partial charge in [-0.2, -0.15) is 13.2 Å². The fourth-order valence-corrected chi connectivity index (χ4v) is 4.15. The summed E-state index contributed by atoms with van der Waals surface area (Å²) in [5.41, 5.74) is 1.49. The van der Waals surface area contributed by atoms with E-state index in [-0.39, 0.29) is 28.8 Å². The Balaban J connectivity index is 1.73. The lowest BCUT2D eigenvalue weighted by Crippen LogP contribution is -2.08. The van der Waals surface area contributed by atoms with Gasteiger partial charge in [-0.3, -0.25) is 9.78 Å². The van der Waals surface area contributed by atoms with Crippen LogP contribution in [0.4, 0.5) is 13.2 Å². The second kappa shape index (κ2) is 9.62. The summed E-state index contributed by atoms with van der Waals surface area (Å²) >= 11 is 0. The molecule has 0 N–H and O–H groups in total. The number of ether oxygens (including phenoxy) is 1. The fraction of sp³-hybridized carbons (Fsp3) is 0.0690. The van der Waals surface area contributed by atoms with Gasteiger partial charge in [-0.15, -0.1) is 0 Å². The molecule has 5 aromatic rings. The molecule has 178 valence electrons. The predicted molar refractivity (Wildman–Crippen MR) is 132 cm³/mol. The van der Waals surface area contributed by atoms with E-state index in [1.54, 1.807) is 72.9 Å². The summed E-state index contributed by atoms with van der Waals surface area (Å²) in [7, 11) is 0. The minimum Gasteiger partial charge on any atom is -0.487 e. The molecule has 0 amide bonds. The van der Waals surface area contributed by atoms with Crippen LogP contribution in [0.1, 0.15) is 21.6 Å². The maximum atomic E-state index is 14.0. The van der Waals surface area contributed by atoms with E-state index in [0.717, 1.165) is 11.8 Å². The van der Waals surface area contributed by atoms with E-state index >= 15 is 0 Å². The largest absolute Gasteiger partial charge is 0.487 e. The maximum absolute atomic E-state index is 14.0. The summed E-state index contributed by atoms with van der Waals surface area (Å²) in [5, 5.41) is 0.230. The summed E-state index contributed by atoms with van der Waals surface area (Å²) in [6.07, 6.45) is -2.31. The molecular formula is C29H19F3N2O2. The molecule has 5 rings (SSSR count). The van der Waals surface area contributed by atoms with E-state index in [9.17, 15) is 18.0 Å². The third kappa shape index (κ3) is 4.55. The molecule has 0 atom stereocenters. The molecule has 0 spiro atoms. The van der Waals surface area contributed by atoms with Gasteiger partial charge in [0, 0.05) is 28.3 Å². The summed E-state index contributed by atoms with van der Waals surface area (Å²) in [5.74, 6) is 0.494. The van der Waals surface area contributed by atoms with Gasteiger partial charge in [-0.1, -0.05) is 60.7 Å². The van der Waals surface area contributed by atoms with Crippen LogP contribution in [0.25, 0.3) is 33.3 Å². The maximum Gasteiger partial charge on any atom is 0.418 e. The Morgan fingerprint density at radius 3 is 2.31 bits per heavy atom. The van der Waals surface area contributed by atoms with Crippen LogP contribution in [0, 0.1) is 0 Å². The molecule has 2 heterocycles. The first kappa shape index (κ1) is 23.2. The van der Waals surface area contributed by atoms with Crippen molar-refractivity contribution in [1.82, 2.24) is 9.97 Å². The van der Waals surface area contributed by atoms with E-state index in [1.165, 1.54) is 6.07 Å².